The fourth-order valence-electron chi connectivity index (χ4n) is 2.24. The maximum Gasteiger partial charge on any atom is 0.198 e. The van der Waals surface area contributed by atoms with Crippen molar-refractivity contribution in [3.05, 3.63) is 71.8 Å². The molecule has 0 aromatic heterocycles. The molecule has 1 atom stereocenters. The van der Waals surface area contributed by atoms with Crippen LogP contribution in [0.4, 0.5) is 0 Å². The first-order valence-electron chi connectivity index (χ1n) is 8.62. The molecular formula is C21H29NO2. The van der Waals surface area contributed by atoms with E-state index in [2.05, 4.69) is 19.2 Å². The van der Waals surface area contributed by atoms with Crippen molar-refractivity contribution in [1.29, 1.82) is 0 Å². The van der Waals surface area contributed by atoms with E-state index in [1.54, 1.807) is 36.4 Å². The number of aliphatic hydroxyl groups is 1. The van der Waals surface area contributed by atoms with Gasteiger partial charge in [0.05, 0.1) is 0 Å². The Labute approximate surface area is 145 Å². The highest BCUT2D eigenvalue weighted by Crippen LogP contribution is 2.24. The number of benzene rings is 2. The molecule has 0 heterocycles. The van der Waals surface area contributed by atoms with Crippen LogP contribution in [0, 0.1) is 0 Å². The lowest BCUT2D eigenvalue weighted by Gasteiger charge is -2.22. The normalized spacial score (nSPS) is 12.7. The summed E-state index contributed by atoms with van der Waals surface area (Å²) >= 11 is 0. The molecule has 2 aromatic carbocycles. The van der Waals surface area contributed by atoms with Gasteiger partial charge in [-0.25, -0.2) is 0 Å². The summed E-state index contributed by atoms with van der Waals surface area (Å²) in [6.45, 7) is 8.24. The molecule has 0 fully saturated rings. The van der Waals surface area contributed by atoms with Crippen LogP contribution >= 0.6 is 0 Å². The number of nitrogens with one attached hydrogen (secondary N) is 1. The quantitative estimate of drug-likeness (QED) is 0.592. The van der Waals surface area contributed by atoms with Gasteiger partial charge >= 0.3 is 0 Å². The largest absolute Gasteiger partial charge is 0.377 e. The molecule has 24 heavy (non-hydrogen) atoms. The smallest absolute Gasteiger partial charge is 0.198 e. The predicted octanol–water partition coefficient (Wildman–Crippen LogP) is 4.17. The highest BCUT2D eigenvalue weighted by molar-refractivity contribution is 6.02. The second-order valence-electron chi connectivity index (χ2n) is 5.88. The molecule has 0 aliphatic carbocycles. The molecule has 2 rings (SSSR count). The van der Waals surface area contributed by atoms with Gasteiger partial charge in [0.15, 0.2) is 5.78 Å². The number of Topliss-reactive ketones (excluding diaryl/α,β-unsaturated/α-hetero) is 1. The molecule has 0 radical (unpaired) electrons. The van der Waals surface area contributed by atoms with E-state index in [1.165, 1.54) is 32.9 Å². The van der Waals surface area contributed by atoms with Gasteiger partial charge in [-0.2, -0.15) is 0 Å². The lowest BCUT2D eigenvalue weighted by Crippen LogP contribution is -2.32. The summed E-state index contributed by atoms with van der Waals surface area (Å²) in [5, 5.41) is 13.6. The third-order valence-corrected chi connectivity index (χ3v) is 3.67. The zero-order chi connectivity index (χ0) is 17.8. The minimum Gasteiger partial charge on any atom is -0.377 e. The maximum atomic E-state index is 12.2. The summed E-state index contributed by atoms with van der Waals surface area (Å²) in [5.41, 5.74) is -0.363. The summed E-state index contributed by atoms with van der Waals surface area (Å²) in [7, 11) is 0. The summed E-state index contributed by atoms with van der Waals surface area (Å²) in [4.78, 5) is 12.2. The minimum absolute atomic E-state index is 0.288. The van der Waals surface area contributed by atoms with E-state index in [9.17, 15) is 9.90 Å². The Hall–Kier alpha value is -1.97. The number of hydrogen-bond donors (Lipinski definition) is 2. The number of ketones is 1. The summed E-state index contributed by atoms with van der Waals surface area (Å²) in [5.74, 6) is -0.288. The zero-order valence-corrected chi connectivity index (χ0v) is 15.0. The molecule has 0 saturated heterocycles. The molecule has 0 spiro atoms. The fourth-order valence-corrected chi connectivity index (χ4v) is 2.24. The Kier molecular flexibility index (Phi) is 8.98. The standard InChI is InChI=1S/C15H14O2.C6H15N/c1-15(17,13-10-6-3-7-11-13)14(16)12-8-4-2-5-9-12;1-3-5-7-6-4-2/h2-11,17H,1H3;7H,3-6H2,1-2H3. The van der Waals surface area contributed by atoms with Gasteiger partial charge in [-0.3, -0.25) is 4.79 Å². The van der Waals surface area contributed by atoms with Crippen molar-refractivity contribution < 1.29 is 9.90 Å². The van der Waals surface area contributed by atoms with Crippen molar-refractivity contribution in [1.82, 2.24) is 5.32 Å². The van der Waals surface area contributed by atoms with E-state index in [0.717, 1.165) is 0 Å². The molecule has 0 bridgehead atoms. The van der Waals surface area contributed by atoms with Crippen LogP contribution in [0.1, 0.15) is 49.5 Å². The van der Waals surface area contributed by atoms with Crippen LogP contribution in [0.2, 0.25) is 0 Å². The molecule has 0 aliphatic rings. The Morgan fingerprint density at radius 1 is 0.917 bits per heavy atom. The zero-order valence-electron chi connectivity index (χ0n) is 15.0. The topological polar surface area (TPSA) is 49.3 Å². The Morgan fingerprint density at radius 3 is 1.83 bits per heavy atom. The molecule has 130 valence electrons. The first kappa shape index (κ1) is 20.1. The highest BCUT2D eigenvalue weighted by Gasteiger charge is 2.32. The monoisotopic (exact) mass is 327 g/mol. The van der Waals surface area contributed by atoms with Crippen LogP contribution < -0.4 is 5.32 Å². The number of rotatable bonds is 7. The van der Waals surface area contributed by atoms with Crippen molar-refractivity contribution in [2.75, 3.05) is 13.1 Å². The maximum absolute atomic E-state index is 12.2. The SMILES string of the molecule is CC(O)(C(=O)c1ccccc1)c1ccccc1.CCCNCCC. The molecule has 0 saturated carbocycles. The third kappa shape index (κ3) is 6.26. The van der Waals surface area contributed by atoms with Gasteiger partial charge in [-0.15, -0.1) is 0 Å². The number of carbonyl (C=O) groups excluding carboxylic acids is 1. The van der Waals surface area contributed by atoms with Crippen LogP contribution in [0.3, 0.4) is 0 Å². The van der Waals surface area contributed by atoms with Crippen molar-refractivity contribution in [3.8, 4) is 0 Å². The average molecular weight is 327 g/mol. The summed E-state index contributed by atoms with van der Waals surface area (Å²) < 4.78 is 0. The third-order valence-electron chi connectivity index (χ3n) is 3.67. The van der Waals surface area contributed by atoms with E-state index >= 15 is 0 Å². The highest BCUT2D eigenvalue weighted by atomic mass is 16.3. The molecular weight excluding hydrogens is 298 g/mol. The van der Waals surface area contributed by atoms with Crippen LogP contribution in [0.15, 0.2) is 60.7 Å². The van der Waals surface area contributed by atoms with Crippen molar-refractivity contribution in [2.24, 2.45) is 0 Å². The van der Waals surface area contributed by atoms with E-state index in [4.69, 9.17) is 0 Å². The molecule has 1 unspecified atom stereocenters. The van der Waals surface area contributed by atoms with E-state index in [-0.39, 0.29) is 5.78 Å². The van der Waals surface area contributed by atoms with Crippen LogP contribution in [0.25, 0.3) is 0 Å². The Morgan fingerprint density at radius 2 is 1.38 bits per heavy atom. The van der Waals surface area contributed by atoms with Crippen LogP contribution in [-0.4, -0.2) is 24.0 Å². The fraction of sp³-hybridized carbons (Fsp3) is 0.381. The van der Waals surface area contributed by atoms with Crippen molar-refractivity contribution >= 4 is 5.78 Å². The molecule has 3 heteroatoms. The Bertz CT molecular complexity index is 575. The molecule has 2 N–H and O–H groups in total. The average Bonchev–Trinajstić information content (AvgIpc) is 2.63. The number of hydrogen-bond acceptors (Lipinski definition) is 3. The summed E-state index contributed by atoms with van der Waals surface area (Å²) in [6.07, 6.45) is 2.50. The van der Waals surface area contributed by atoms with Gasteiger partial charge in [0, 0.05) is 5.56 Å². The van der Waals surface area contributed by atoms with Gasteiger partial charge < -0.3 is 10.4 Å². The Balaban J connectivity index is 0.000000351. The summed E-state index contributed by atoms with van der Waals surface area (Å²) in [6, 6.07) is 17.8. The van der Waals surface area contributed by atoms with Gasteiger partial charge in [0.25, 0.3) is 0 Å². The van der Waals surface area contributed by atoms with Crippen molar-refractivity contribution in [2.45, 2.75) is 39.2 Å². The first-order valence-corrected chi connectivity index (χ1v) is 8.62. The molecule has 2 aromatic rings. The van der Waals surface area contributed by atoms with Crippen LogP contribution in [0.5, 0.6) is 0 Å². The van der Waals surface area contributed by atoms with E-state index in [0.29, 0.717) is 11.1 Å². The van der Waals surface area contributed by atoms with Crippen molar-refractivity contribution in [3.63, 3.8) is 0 Å². The minimum atomic E-state index is -1.48. The second-order valence-corrected chi connectivity index (χ2v) is 5.88. The lowest BCUT2D eigenvalue weighted by atomic mass is 9.88. The van der Waals surface area contributed by atoms with E-state index < -0.39 is 5.60 Å². The van der Waals surface area contributed by atoms with Crippen LogP contribution in [-0.2, 0) is 5.60 Å². The molecule has 3 nitrogen and oxygen atoms in total. The predicted molar refractivity (Wildman–Crippen MR) is 100 cm³/mol. The van der Waals surface area contributed by atoms with Gasteiger partial charge in [-0.1, -0.05) is 74.5 Å². The second kappa shape index (κ2) is 10.7. The lowest BCUT2D eigenvalue weighted by molar-refractivity contribution is 0.0392. The molecule has 0 aliphatic heterocycles. The number of carbonyl (C=O) groups is 1. The van der Waals surface area contributed by atoms with Gasteiger partial charge in [0.2, 0.25) is 0 Å². The molecule has 0 amide bonds. The van der Waals surface area contributed by atoms with E-state index in [1.807, 2.05) is 24.3 Å². The first-order chi connectivity index (χ1) is 11.5. The van der Waals surface area contributed by atoms with Gasteiger partial charge in [0.1, 0.15) is 5.60 Å². The van der Waals surface area contributed by atoms with Gasteiger partial charge in [-0.05, 0) is 38.4 Å².